The highest BCUT2D eigenvalue weighted by atomic mass is 16.7. The Kier molecular flexibility index (Phi) is 7.35. The summed E-state index contributed by atoms with van der Waals surface area (Å²) >= 11 is 0. The molecule has 6 nitrogen and oxygen atoms in total. The van der Waals surface area contributed by atoms with Crippen molar-refractivity contribution in [3.63, 3.8) is 0 Å². The van der Waals surface area contributed by atoms with Crippen LogP contribution < -0.4 is 0 Å². The number of fused-ring (bicyclic) bond motifs is 1. The molecule has 0 amide bonds. The first-order valence-corrected chi connectivity index (χ1v) is 11.3. The summed E-state index contributed by atoms with van der Waals surface area (Å²) < 4.78 is 11.4. The Hall–Kier alpha value is -2.96. The van der Waals surface area contributed by atoms with Gasteiger partial charge in [0.1, 0.15) is 0 Å². The SMILES string of the molecule is CCCCc1ccc(-c2ccc(COC3CCN4OC(=O)/C=C/C(=O)OC4C3)cc2)cc1. The molecule has 2 aromatic carbocycles. The zero-order valence-corrected chi connectivity index (χ0v) is 18.4. The third-order valence-electron chi connectivity index (χ3n) is 5.82. The van der Waals surface area contributed by atoms with Gasteiger partial charge in [-0.2, -0.15) is 0 Å². The number of rotatable bonds is 7. The Morgan fingerprint density at radius 2 is 1.59 bits per heavy atom. The van der Waals surface area contributed by atoms with E-state index in [-0.39, 0.29) is 6.10 Å². The Balaban J connectivity index is 1.30. The van der Waals surface area contributed by atoms with Crippen molar-refractivity contribution in [3.05, 3.63) is 71.8 Å². The topological polar surface area (TPSA) is 65.1 Å². The molecule has 0 spiro atoms. The van der Waals surface area contributed by atoms with E-state index in [2.05, 4.69) is 55.5 Å². The van der Waals surface area contributed by atoms with E-state index < -0.39 is 18.2 Å². The maximum atomic E-state index is 11.8. The van der Waals surface area contributed by atoms with Crippen LogP contribution in [0.3, 0.4) is 0 Å². The smallest absolute Gasteiger partial charge is 0.350 e. The lowest BCUT2D eigenvalue weighted by atomic mass is 10.0. The van der Waals surface area contributed by atoms with Crippen molar-refractivity contribution in [1.82, 2.24) is 5.06 Å². The average Bonchev–Trinajstić information content (AvgIpc) is 2.81. The van der Waals surface area contributed by atoms with Gasteiger partial charge >= 0.3 is 11.9 Å². The van der Waals surface area contributed by atoms with E-state index in [1.165, 1.54) is 34.6 Å². The number of nitrogens with zero attached hydrogens (tertiary/aromatic N) is 1. The van der Waals surface area contributed by atoms with E-state index in [0.29, 0.717) is 26.0 Å². The van der Waals surface area contributed by atoms with Gasteiger partial charge in [-0.05, 0) is 41.5 Å². The number of esters is 1. The number of hydrogen-bond donors (Lipinski definition) is 0. The van der Waals surface area contributed by atoms with Crippen LogP contribution in [0.1, 0.15) is 43.7 Å². The number of unbranched alkanes of at least 4 members (excludes halogenated alkanes) is 1. The van der Waals surface area contributed by atoms with Crippen LogP contribution in [-0.2, 0) is 36.9 Å². The van der Waals surface area contributed by atoms with Crippen LogP contribution in [-0.4, -0.2) is 35.9 Å². The molecule has 0 bridgehead atoms. The second-order valence-corrected chi connectivity index (χ2v) is 8.23. The molecule has 2 aliphatic rings. The normalized spacial score (nSPS) is 22.3. The summed E-state index contributed by atoms with van der Waals surface area (Å²) in [6.45, 7) is 3.14. The van der Waals surface area contributed by atoms with E-state index in [0.717, 1.165) is 24.1 Å². The van der Waals surface area contributed by atoms with Crippen LogP contribution in [0.5, 0.6) is 0 Å². The summed E-state index contributed by atoms with van der Waals surface area (Å²) in [7, 11) is 0. The zero-order valence-electron chi connectivity index (χ0n) is 18.4. The lowest BCUT2D eigenvalue weighted by molar-refractivity contribution is -0.258. The monoisotopic (exact) mass is 435 g/mol. The van der Waals surface area contributed by atoms with Gasteiger partial charge in [0.2, 0.25) is 0 Å². The predicted octanol–water partition coefficient (Wildman–Crippen LogP) is 4.57. The van der Waals surface area contributed by atoms with Gasteiger partial charge < -0.3 is 14.3 Å². The van der Waals surface area contributed by atoms with Crippen molar-refractivity contribution in [2.24, 2.45) is 0 Å². The first kappa shape index (κ1) is 22.2. The molecule has 4 rings (SSSR count). The number of hydroxylamine groups is 2. The lowest BCUT2D eigenvalue weighted by Crippen LogP contribution is -2.48. The zero-order chi connectivity index (χ0) is 22.3. The van der Waals surface area contributed by atoms with Crippen molar-refractivity contribution in [1.29, 1.82) is 0 Å². The van der Waals surface area contributed by atoms with Gasteiger partial charge in [0, 0.05) is 25.1 Å². The quantitative estimate of drug-likeness (QED) is 0.594. The van der Waals surface area contributed by atoms with E-state index >= 15 is 0 Å². The molecule has 1 fully saturated rings. The molecule has 0 aliphatic carbocycles. The second-order valence-electron chi connectivity index (χ2n) is 8.23. The number of carbonyl (C=O) groups excluding carboxylic acids is 2. The highest BCUT2D eigenvalue weighted by Gasteiger charge is 2.35. The fourth-order valence-electron chi connectivity index (χ4n) is 3.95. The molecule has 2 atom stereocenters. The van der Waals surface area contributed by atoms with Gasteiger partial charge in [0.25, 0.3) is 0 Å². The van der Waals surface area contributed by atoms with Crippen LogP contribution in [0.15, 0.2) is 60.7 Å². The molecule has 2 heterocycles. The van der Waals surface area contributed by atoms with E-state index in [1.807, 2.05) is 0 Å². The maximum absolute atomic E-state index is 11.8. The van der Waals surface area contributed by atoms with Crippen molar-refractivity contribution in [2.45, 2.75) is 58.0 Å². The Labute approximate surface area is 188 Å². The minimum atomic E-state index is -0.627. The largest absolute Gasteiger partial charge is 0.440 e. The summed E-state index contributed by atoms with van der Waals surface area (Å²) in [4.78, 5) is 28.6. The number of hydrogen-bond acceptors (Lipinski definition) is 6. The van der Waals surface area contributed by atoms with Crippen molar-refractivity contribution < 1.29 is 23.9 Å². The highest BCUT2D eigenvalue weighted by molar-refractivity contribution is 5.92. The van der Waals surface area contributed by atoms with Gasteiger partial charge in [-0.25, -0.2) is 9.59 Å². The molecular weight excluding hydrogens is 406 g/mol. The minimum Gasteiger partial charge on any atom is -0.440 e. The molecule has 2 aromatic rings. The van der Waals surface area contributed by atoms with Crippen LogP contribution in [0.25, 0.3) is 11.1 Å². The van der Waals surface area contributed by atoms with E-state index in [9.17, 15) is 9.59 Å². The van der Waals surface area contributed by atoms with Gasteiger partial charge in [-0.3, -0.25) is 0 Å². The Morgan fingerprint density at radius 3 is 2.28 bits per heavy atom. The molecule has 1 saturated heterocycles. The number of ether oxygens (including phenoxy) is 2. The fourth-order valence-corrected chi connectivity index (χ4v) is 3.95. The molecule has 0 aromatic heterocycles. The molecule has 2 unspecified atom stereocenters. The standard InChI is InChI=1S/C26H29NO5/c1-2-3-4-19-5-9-21(10-6-19)22-11-7-20(8-12-22)18-30-23-15-16-27-24(17-23)31-25(28)13-14-26(29)32-27/h5-14,23-24H,2-4,15-18H2,1H3/b14-13+. The van der Waals surface area contributed by atoms with Crippen molar-refractivity contribution >= 4 is 11.9 Å². The predicted molar refractivity (Wildman–Crippen MR) is 120 cm³/mol. The molecule has 168 valence electrons. The van der Waals surface area contributed by atoms with Crippen LogP contribution in [0.2, 0.25) is 0 Å². The van der Waals surface area contributed by atoms with Crippen LogP contribution in [0.4, 0.5) is 0 Å². The van der Waals surface area contributed by atoms with Crippen LogP contribution in [0, 0.1) is 0 Å². The lowest BCUT2D eigenvalue weighted by Gasteiger charge is -2.36. The first-order valence-electron chi connectivity index (χ1n) is 11.3. The third kappa shape index (κ3) is 5.84. The van der Waals surface area contributed by atoms with Crippen molar-refractivity contribution in [3.8, 4) is 11.1 Å². The summed E-state index contributed by atoms with van der Waals surface area (Å²) in [6.07, 6.45) is 6.16. The molecule has 0 saturated carbocycles. The molecule has 0 radical (unpaired) electrons. The number of aryl methyl sites for hydroxylation is 1. The fraction of sp³-hybridized carbons (Fsp3) is 0.385. The van der Waals surface area contributed by atoms with Gasteiger partial charge in [0.05, 0.1) is 12.7 Å². The molecular formula is C26H29NO5. The molecule has 0 N–H and O–H groups in total. The summed E-state index contributed by atoms with van der Waals surface area (Å²) in [5.41, 5.74) is 4.85. The molecule has 32 heavy (non-hydrogen) atoms. The maximum Gasteiger partial charge on any atom is 0.350 e. The highest BCUT2D eigenvalue weighted by Crippen LogP contribution is 2.25. The Bertz CT molecular complexity index is 951. The molecule has 2 aliphatic heterocycles. The second kappa shape index (κ2) is 10.6. The number of carbonyl (C=O) groups is 2. The summed E-state index contributed by atoms with van der Waals surface area (Å²) in [5, 5.41) is 1.42. The van der Waals surface area contributed by atoms with Gasteiger partial charge in [-0.15, -0.1) is 0 Å². The minimum absolute atomic E-state index is 0.0819. The van der Waals surface area contributed by atoms with E-state index in [1.54, 1.807) is 0 Å². The van der Waals surface area contributed by atoms with Gasteiger partial charge in [0.15, 0.2) is 6.23 Å². The molecule has 6 heteroatoms. The number of piperidine rings is 1. The number of benzene rings is 2. The first-order chi connectivity index (χ1) is 15.6. The average molecular weight is 436 g/mol. The Morgan fingerprint density at radius 1 is 0.938 bits per heavy atom. The summed E-state index contributed by atoms with van der Waals surface area (Å²) in [6, 6.07) is 17.2. The van der Waals surface area contributed by atoms with Crippen LogP contribution >= 0.6 is 0 Å². The van der Waals surface area contributed by atoms with Crippen molar-refractivity contribution in [2.75, 3.05) is 6.54 Å². The van der Waals surface area contributed by atoms with E-state index in [4.69, 9.17) is 14.3 Å². The third-order valence-corrected chi connectivity index (χ3v) is 5.82. The summed E-state index contributed by atoms with van der Waals surface area (Å²) in [5.74, 6) is -1.12. The van der Waals surface area contributed by atoms with Gasteiger partial charge in [-0.1, -0.05) is 66.9 Å².